The smallest absolute Gasteiger partial charge is 0.262 e. The maximum absolute atomic E-state index is 12.5. The second kappa shape index (κ2) is 5.92. The fraction of sp³-hybridized carbons (Fsp3) is 0.188. The second-order valence-corrected chi connectivity index (χ2v) is 6.80. The molecule has 1 aliphatic heterocycles. The highest BCUT2D eigenvalue weighted by Crippen LogP contribution is 2.35. The molecule has 0 fully saturated rings. The van der Waals surface area contributed by atoms with Crippen molar-refractivity contribution in [2.75, 3.05) is 16.6 Å². The highest BCUT2D eigenvalue weighted by atomic mass is 32.2. The lowest BCUT2D eigenvalue weighted by Crippen LogP contribution is -2.26. The lowest BCUT2D eigenvalue weighted by molar-refractivity contribution is -0.118. The average Bonchev–Trinajstić information content (AvgIpc) is 2.55. The Hall–Kier alpha value is -2.54. The molecule has 0 saturated carbocycles. The molecule has 0 bridgehead atoms. The number of hydrogen-bond donors (Lipinski definition) is 2. The van der Waals surface area contributed by atoms with Crippen LogP contribution in [-0.2, 0) is 21.2 Å². The van der Waals surface area contributed by atoms with E-state index in [9.17, 15) is 13.2 Å². The predicted molar refractivity (Wildman–Crippen MR) is 87.2 cm³/mol. The number of amides is 1. The van der Waals surface area contributed by atoms with Crippen LogP contribution in [0.1, 0.15) is 12.5 Å². The second-order valence-electron chi connectivity index (χ2n) is 5.12. The third-order valence-electron chi connectivity index (χ3n) is 3.54. The minimum atomic E-state index is -3.75. The molecule has 0 unspecified atom stereocenters. The first-order chi connectivity index (χ1) is 11.0. The minimum absolute atomic E-state index is 0.0817. The fourth-order valence-electron chi connectivity index (χ4n) is 2.29. The summed E-state index contributed by atoms with van der Waals surface area (Å²) in [4.78, 5) is 11.6. The summed E-state index contributed by atoms with van der Waals surface area (Å²) in [5, 5.41) is 2.63. The Morgan fingerprint density at radius 1 is 1.17 bits per heavy atom. The van der Waals surface area contributed by atoms with Gasteiger partial charge in [-0.2, -0.15) is 0 Å². The maximum atomic E-state index is 12.5. The van der Waals surface area contributed by atoms with Gasteiger partial charge in [0.05, 0.1) is 10.6 Å². The van der Waals surface area contributed by atoms with Crippen LogP contribution in [0.25, 0.3) is 0 Å². The van der Waals surface area contributed by atoms with E-state index in [2.05, 4.69) is 10.0 Å². The van der Waals surface area contributed by atoms with Crippen molar-refractivity contribution in [3.05, 3.63) is 48.0 Å². The van der Waals surface area contributed by atoms with Crippen LogP contribution in [0.3, 0.4) is 0 Å². The summed E-state index contributed by atoms with van der Waals surface area (Å²) in [5.41, 5.74) is 1.66. The zero-order valence-corrected chi connectivity index (χ0v) is 13.3. The highest BCUT2D eigenvalue weighted by molar-refractivity contribution is 7.92. The van der Waals surface area contributed by atoms with Crippen molar-refractivity contribution in [1.82, 2.24) is 0 Å². The van der Waals surface area contributed by atoms with Gasteiger partial charge in [0.1, 0.15) is 11.4 Å². The number of carbonyl (C=O) groups excluding carboxylic acids is 1. The molecule has 2 N–H and O–H groups in total. The molecule has 120 valence electrons. The van der Waals surface area contributed by atoms with Crippen molar-refractivity contribution in [2.45, 2.75) is 18.2 Å². The van der Waals surface area contributed by atoms with Gasteiger partial charge in [-0.25, -0.2) is 8.42 Å². The molecule has 0 spiro atoms. The minimum Gasteiger partial charge on any atom is -0.481 e. The Labute approximate surface area is 134 Å². The predicted octanol–water partition coefficient (Wildman–Crippen LogP) is 2.38. The number of nitrogens with one attached hydrogen (secondary N) is 2. The van der Waals surface area contributed by atoms with E-state index in [-0.39, 0.29) is 23.1 Å². The summed E-state index contributed by atoms with van der Waals surface area (Å²) in [5.74, 6) is 0.113. The first-order valence-electron chi connectivity index (χ1n) is 7.17. The molecule has 2 aromatic rings. The summed E-state index contributed by atoms with van der Waals surface area (Å²) in [6.45, 7) is 1.92. The summed E-state index contributed by atoms with van der Waals surface area (Å²) < 4.78 is 32.8. The SMILES string of the molecule is CCc1ccc(S(=O)(=O)Nc2cccc3c2NC(=O)CO3)cc1. The van der Waals surface area contributed by atoms with Crippen LogP contribution in [0.4, 0.5) is 11.4 Å². The Morgan fingerprint density at radius 3 is 2.61 bits per heavy atom. The quantitative estimate of drug-likeness (QED) is 0.900. The number of para-hydroxylation sites is 1. The van der Waals surface area contributed by atoms with Gasteiger partial charge in [-0.3, -0.25) is 9.52 Å². The Morgan fingerprint density at radius 2 is 1.91 bits per heavy atom. The van der Waals surface area contributed by atoms with Gasteiger partial charge in [-0.15, -0.1) is 0 Å². The highest BCUT2D eigenvalue weighted by Gasteiger charge is 2.22. The van der Waals surface area contributed by atoms with E-state index in [1.54, 1.807) is 42.5 Å². The van der Waals surface area contributed by atoms with E-state index in [4.69, 9.17) is 4.74 Å². The lowest BCUT2D eigenvalue weighted by Gasteiger charge is -2.21. The number of sulfonamides is 1. The lowest BCUT2D eigenvalue weighted by atomic mass is 10.2. The van der Waals surface area contributed by atoms with Gasteiger partial charge in [0, 0.05) is 0 Å². The van der Waals surface area contributed by atoms with Gasteiger partial charge in [-0.05, 0) is 36.2 Å². The van der Waals surface area contributed by atoms with Gasteiger partial charge < -0.3 is 10.1 Å². The van der Waals surface area contributed by atoms with Crippen LogP contribution in [0.15, 0.2) is 47.4 Å². The van der Waals surface area contributed by atoms with Crippen molar-refractivity contribution in [3.63, 3.8) is 0 Å². The van der Waals surface area contributed by atoms with Crippen LogP contribution in [-0.4, -0.2) is 20.9 Å². The van der Waals surface area contributed by atoms with Crippen LogP contribution < -0.4 is 14.8 Å². The molecular weight excluding hydrogens is 316 g/mol. The standard InChI is InChI=1S/C16H16N2O4S/c1-2-11-6-8-12(9-7-11)23(20,21)18-13-4-3-5-14-16(13)17-15(19)10-22-14/h3-9,18H,2,10H2,1H3,(H,17,19). The number of fused-ring (bicyclic) bond motifs is 1. The zero-order chi connectivity index (χ0) is 16.4. The fourth-order valence-corrected chi connectivity index (χ4v) is 3.36. The largest absolute Gasteiger partial charge is 0.481 e. The number of rotatable bonds is 4. The van der Waals surface area contributed by atoms with Crippen molar-refractivity contribution >= 4 is 27.3 Å². The molecule has 0 aromatic heterocycles. The van der Waals surface area contributed by atoms with E-state index in [1.807, 2.05) is 6.92 Å². The van der Waals surface area contributed by atoms with E-state index in [0.717, 1.165) is 12.0 Å². The Kier molecular flexibility index (Phi) is 3.96. The van der Waals surface area contributed by atoms with Crippen LogP contribution in [0.2, 0.25) is 0 Å². The van der Waals surface area contributed by atoms with Crippen molar-refractivity contribution in [2.24, 2.45) is 0 Å². The van der Waals surface area contributed by atoms with Crippen molar-refractivity contribution in [3.8, 4) is 5.75 Å². The molecule has 6 nitrogen and oxygen atoms in total. The molecule has 1 amide bonds. The number of aryl methyl sites for hydroxylation is 1. The molecule has 1 aliphatic rings. The average molecular weight is 332 g/mol. The first kappa shape index (κ1) is 15.4. The normalized spacial score (nSPS) is 13.7. The molecule has 0 atom stereocenters. The van der Waals surface area contributed by atoms with E-state index < -0.39 is 10.0 Å². The topological polar surface area (TPSA) is 84.5 Å². The van der Waals surface area contributed by atoms with Gasteiger partial charge in [0.25, 0.3) is 15.9 Å². The number of carbonyl (C=O) groups is 1. The number of anilines is 2. The van der Waals surface area contributed by atoms with Gasteiger partial charge in [-0.1, -0.05) is 25.1 Å². The third-order valence-corrected chi connectivity index (χ3v) is 4.92. The third kappa shape index (κ3) is 3.14. The molecule has 2 aromatic carbocycles. The van der Waals surface area contributed by atoms with E-state index in [1.165, 1.54) is 0 Å². The summed E-state index contributed by atoms with van der Waals surface area (Å²) in [6.07, 6.45) is 0.837. The van der Waals surface area contributed by atoms with Crippen molar-refractivity contribution < 1.29 is 17.9 Å². The number of ether oxygens (including phenoxy) is 1. The summed E-state index contributed by atoms with van der Waals surface area (Å²) in [6, 6.07) is 11.6. The molecule has 7 heteroatoms. The number of benzene rings is 2. The molecule has 0 aliphatic carbocycles. The Balaban J connectivity index is 1.93. The van der Waals surface area contributed by atoms with Gasteiger partial charge in [0.15, 0.2) is 6.61 Å². The molecule has 3 rings (SSSR count). The first-order valence-corrected chi connectivity index (χ1v) is 8.65. The Bertz CT molecular complexity index is 845. The number of hydrogen-bond acceptors (Lipinski definition) is 4. The monoisotopic (exact) mass is 332 g/mol. The van der Waals surface area contributed by atoms with Gasteiger partial charge >= 0.3 is 0 Å². The molecule has 23 heavy (non-hydrogen) atoms. The van der Waals surface area contributed by atoms with Crippen LogP contribution in [0.5, 0.6) is 5.75 Å². The summed E-state index contributed by atoms with van der Waals surface area (Å²) in [7, 11) is -3.75. The van der Waals surface area contributed by atoms with E-state index in [0.29, 0.717) is 11.4 Å². The molecule has 0 radical (unpaired) electrons. The van der Waals surface area contributed by atoms with Gasteiger partial charge in [0.2, 0.25) is 0 Å². The maximum Gasteiger partial charge on any atom is 0.262 e. The zero-order valence-electron chi connectivity index (χ0n) is 12.5. The van der Waals surface area contributed by atoms with E-state index >= 15 is 0 Å². The molecule has 0 saturated heterocycles. The van der Waals surface area contributed by atoms with Crippen LogP contribution >= 0.6 is 0 Å². The molecule has 1 heterocycles. The van der Waals surface area contributed by atoms with Crippen LogP contribution in [0, 0.1) is 0 Å². The molecular formula is C16H16N2O4S. The van der Waals surface area contributed by atoms with Crippen molar-refractivity contribution in [1.29, 1.82) is 0 Å². The summed E-state index contributed by atoms with van der Waals surface area (Å²) >= 11 is 0.